The van der Waals surface area contributed by atoms with Crippen molar-refractivity contribution in [3.05, 3.63) is 58.1 Å². The van der Waals surface area contributed by atoms with E-state index in [0.29, 0.717) is 24.8 Å². The Morgan fingerprint density at radius 3 is 2.15 bits per heavy atom. The summed E-state index contributed by atoms with van der Waals surface area (Å²) in [5.41, 5.74) is 6.52. The first-order valence-corrected chi connectivity index (χ1v) is 18.2. The van der Waals surface area contributed by atoms with Crippen molar-refractivity contribution >= 4 is 28.9 Å². The van der Waals surface area contributed by atoms with Crippen molar-refractivity contribution in [1.29, 1.82) is 0 Å². The van der Waals surface area contributed by atoms with E-state index >= 15 is 0 Å². The number of ketones is 5. The van der Waals surface area contributed by atoms with Gasteiger partial charge in [0.2, 0.25) is 0 Å². The van der Waals surface area contributed by atoms with E-state index < -0.39 is 0 Å². The molecule has 0 heterocycles. The van der Waals surface area contributed by atoms with Crippen LogP contribution in [-0.4, -0.2) is 28.9 Å². The average molecular weight is 645 g/mol. The van der Waals surface area contributed by atoms with Crippen LogP contribution < -0.4 is 0 Å². The van der Waals surface area contributed by atoms with Gasteiger partial charge in [0, 0.05) is 42.7 Å². The molecule has 2 aromatic rings. The van der Waals surface area contributed by atoms with Gasteiger partial charge in [-0.2, -0.15) is 0 Å². The van der Waals surface area contributed by atoms with E-state index in [1.807, 2.05) is 39.0 Å². The van der Waals surface area contributed by atoms with Gasteiger partial charge in [0.1, 0.15) is 17.3 Å². The van der Waals surface area contributed by atoms with Gasteiger partial charge in [-0.05, 0) is 91.2 Å². The largest absolute Gasteiger partial charge is 0.300 e. The first-order chi connectivity index (χ1) is 22.3. The topological polar surface area (TPSA) is 85.3 Å². The standard InChI is InChI=1S/C39H52O5.C3H8/c1-8-12-28(32(10-3)37(43)18-25(6)40)19-27-20-35-33(24(4)5)23-34(26(7)39(35)38(44)21-27)29-14-11-15-30(22-29)36(42)17-16-31(41)13-9-2;1-3-2/h11,14-15,22-24,27-28,32H,8-10,12-13,16-21H2,1-7H3;3H2,1-2H3. The molecule has 0 spiro atoms. The SMILES string of the molecule is CCC.CCCC(=O)CCC(=O)c1cccc(-c2cc(C(C)C)c3c(c2C)C(=O)CC(CC(CCC)C(CC)C(=O)CC(C)=O)C3)c1. The van der Waals surface area contributed by atoms with Crippen LogP contribution in [-0.2, 0) is 20.8 Å². The van der Waals surface area contributed by atoms with Crippen molar-refractivity contribution in [1.82, 2.24) is 0 Å². The van der Waals surface area contributed by atoms with Crippen molar-refractivity contribution in [3.63, 3.8) is 0 Å². The highest BCUT2D eigenvalue weighted by atomic mass is 16.2. The zero-order valence-corrected chi connectivity index (χ0v) is 30.7. The lowest BCUT2D eigenvalue weighted by atomic mass is 9.70. The highest BCUT2D eigenvalue weighted by molar-refractivity contribution is 6.03. The summed E-state index contributed by atoms with van der Waals surface area (Å²) in [5, 5.41) is 0. The van der Waals surface area contributed by atoms with Crippen LogP contribution in [0.5, 0.6) is 0 Å². The summed E-state index contributed by atoms with van der Waals surface area (Å²) in [6.45, 7) is 18.2. The summed E-state index contributed by atoms with van der Waals surface area (Å²) in [6, 6.07) is 9.79. The van der Waals surface area contributed by atoms with Crippen LogP contribution in [0.4, 0.5) is 0 Å². The van der Waals surface area contributed by atoms with Gasteiger partial charge in [0.25, 0.3) is 0 Å². The molecule has 3 rings (SSSR count). The molecule has 47 heavy (non-hydrogen) atoms. The van der Waals surface area contributed by atoms with Gasteiger partial charge < -0.3 is 0 Å². The molecule has 0 fully saturated rings. The molecule has 3 unspecified atom stereocenters. The number of hydrogen-bond donors (Lipinski definition) is 0. The predicted octanol–water partition coefficient (Wildman–Crippen LogP) is 10.7. The minimum atomic E-state index is -0.149. The lowest BCUT2D eigenvalue weighted by Crippen LogP contribution is -2.30. The Morgan fingerprint density at radius 1 is 0.894 bits per heavy atom. The first kappa shape index (κ1) is 40.0. The third-order valence-corrected chi connectivity index (χ3v) is 9.39. The molecule has 5 nitrogen and oxygen atoms in total. The quantitative estimate of drug-likeness (QED) is 0.126. The Labute approximate surface area is 284 Å². The minimum Gasteiger partial charge on any atom is -0.300 e. The number of benzene rings is 2. The number of carbonyl (C=O) groups excluding carboxylic acids is 5. The number of carbonyl (C=O) groups is 5. The van der Waals surface area contributed by atoms with Crippen molar-refractivity contribution in [2.45, 2.75) is 145 Å². The van der Waals surface area contributed by atoms with Crippen LogP contribution in [0.25, 0.3) is 11.1 Å². The van der Waals surface area contributed by atoms with Crippen LogP contribution in [0.1, 0.15) is 169 Å². The molecule has 0 aliphatic heterocycles. The zero-order chi connectivity index (χ0) is 35.3. The number of fused-ring (bicyclic) bond motifs is 1. The summed E-state index contributed by atoms with van der Waals surface area (Å²) in [5.74, 6) is 0.560. The highest BCUT2D eigenvalue weighted by Crippen LogP contribution is 2.42. The summed E-state index contributed by atoms with van der Waals surface area (Å²) >= 11 is 0. The van der Waals surface area contributed by atoms with E-state index in [2.05, 4.69) is 40.7 Å². The van der Waals surface area contributed by atoms with Gasteiger partial charge >= 0.3 is 0 Å². The van der Waals surface area contributed by atoms with Gasteiger partial charge in [-0.1, -0.05) is 92.0 Å². The Balaban J connectivity index is 0.00000246. The summed E-state index contributed by atoms with van der Waals surface area (Å²) < 4.78 is 0. The van der Waals surface area contributed by atoms with Gasteiger partial charge in [-0.15, -0.1) is 0 Å². The van der Waals surface area contributed by atoms with E-state index in [4.69, 9.17) is 0 Å². The Bertz CT molecular complexity index is 1400. The molecule has 0 aromatic heterocycles. The molecule has 0 saturated heterocycles. The molecule has 0 bridgehead atoms. The van der Waals surface area contributed by atoms with E-state index in [1.165, 1.54) is 13.3 Å². The third-order valence-electron chi connectivity index (χ3n) is 9.39. The normalized spacial score (nSPS) is 15.4. The van der Waals surface area contributed by atoms with Crippen LogP contribution >= 0.6 is 0 Å². The lowest BCUT2D eigenvalue weighted by Gasteiger charge is -2.33. The second kappa shape index (κ2) is 19.6. The van der Waals surface area contributed by atoms with Crippen LogP contribution in [0.15, 0.2) is 30.3 Å². The van der Waals surface area contributed by atoms with E-state index in [-0.39, 0.29) is 71.9 Å². The van der Waals surface area contributed by atoms with Crippen molar-refractivity contribution in [3.8, 4) is 11.1 Å². The first-order valence-electron chi connectivity index (χ1n) is 18.2. The molecule has 0 saturated carbocycles. The van der Waals surface area contributed by atoms with Crippen molar-refractivity contribution < 1.29 is 24.0 Å². The molecular weight excluding hydrogens is 584 g/mol. The fourth-order valence-corrected chi connectivity index (χ4v) is 7.30. The molecular formula is C42H60O5. The van der Waals surface area contributed by atoms with E-state index in [0.717, 1.165) is 65.5 Å². The second-order valence-corrected chi connectivity index (χ2v) is 14.0. The summed E-state index contributed by atoms with van der Waals surface area (Å²) in [4.78, 5) is 63.6. The molecule has 0 N–H and O–H groups in total. The Kier molecular flexibility index (Phi) is 16.6. The van der Waals surface area contributed by atoms with Gasteiger partial charge in [0.05, 0.1) is 6.42 Å². The molecule has 2 aromatic carbocycles. The summed E-state index contributed by atoms with van der Waals surface area (Å²) in [7, 11) is 0. The smallest absolute Gasteiger partial charge is 0.163 e. The molecule has 0 radical (unpaired) electrons. The molecule has 3 atom stereocenters. The third kappa shape index (κ3) is 11.2. The fraction of sp³-hybridized carbons (Fsp3) is 0.595. The fourth-order valence-electron chi connectivity index (χ4n) is 7.30. The predicted molar refractivity (Wildman–Crippen MR) is 193 cm³/mol. The Morgan fingerprint density at radius 2 is 1.57 bits per heavy atom. The monoisotopic (exact) mass is 644 g/mol. The van der Waals surface area contributed by atoms with Crippen LogP contribution in [0, 0.1) is 24.7 Å². The summed E-state index contributed by atoms with van der Waals surface area (Å²) in [6.07, 6.45) is 7.67. The number of rotatable bonds is 17. The molecule has 5 heteroatoms. The van der Waals surface area contributed by atoms with Gasteiger partial charge in [-0.3, -0.25) is 24.0 Å². The van der Waals surface area contributed by atoms with E-state index in [9.17, 15) is 24.0 Å². The Hall–Kier alpha value is -3.21. The lowest BCUT2D eigenvalue weighted by molar-refractivity contribution is -0.130. The number of Topliss-reactive ketones (excluding diaryl/α,β-unsaturated/α-hetero) is 5. The highest BCUT2D eigenvalue weighted by Gasteiger charge is 2.35. The maximum absolute atomic E-state index is 13.9. The molecule has 1 aliphatic rings. The average Bonchev–Trinajstić information content (AvgIpc) is 3.00. The number of hydrogen-bond acceptors (Lipinski definition) is 5. The van der Waals surface area contributed by atoms with Crippen LogP contribution in [0.2, 0.25) is 0 Å². The second-order valence-electron chi connectivity index (χ2n) is 14.0. The maximum Gasteiger partial charge on any atom is 0.163 e. The van der Waals surface area contributed by atoms with Crippen molar-refractivity contribution in [2.75, 3.05) is 0 Å². The van der Waals surface area contributed by atoms with E-state index in [1.54, 1.807) is 6.07 Å². The molecule has 0 amide bonds. The minimum absolute atomic E-state index is 0.00556. The van der Waals surface area contributed by atoms with Crippen LogP contribution in [0.3, 0.4) is 0 Å². The molecule has 1 aliphatic carbocycles. The van der Waals surface area contributed by atoms with Crippen molar-refractivity contribution in [2.24, 2.45) is 17.8 Å². The van der Waals surface area contributed by atoms with Gasteiger partial charge in [0.15, 0.2) is 11.6 Å². The van der Waals surface area contributed by atoms with Gasteiger partial charge in [-0.25, -0.2) is 0 Å². The maximum atomic E-state index is 13.9. The zero-order valence-electron chi connectivity index (χ0n) is 30.7. The molecule has 258 valence electrons.